The third-order valence-electron chi connectivity index (χ3n) is 3.52. The zero-order valence-corrected chi connectivity index (χ0v) is 10.8. The molecule has 0 radical (unpaired) electrons. The van der Waals surface area contributed by atoms with Gasteiger partial charge in [-0.2, -0.15) is 0 Å². The molecule has 6 heteroatoms. The Morgan fingerprint density at radius 1 is 1.40 bits per heavy atom. The predicted octanol–water partition coefficient (Wildman–Crippen LogP) is 1.02. The van der Waals surface area contributed by atoms with Gasteiger partial charge in [0, 0.05) is 0 Å². The topological polar surface area (TPSA) is 84.2 Å². The second-order valence-electron chi connectivity index (χ2n) is 5.08. The number of fused-ring (bicyclic) bond motifs is 1. The molecule has 1 heterocycles. The molecule has 20 heavy (non-hydrogen) atoms. The van der Waals surface area contributed by atoms with Crippen LogP contribution in [0.3, 0.4) is 0 Å². The Hall–Kier alpha value is -2.37. The first-order chi connectivity index (χ1) is 9.65. The maximum atomic E-state index is 12.0. The van der Waals surface area contributed by atoms with E-state index in [1.165, 1.54) is 0 Å². The van der Waals surface area contributed by atoms with Crippen LogP contribution in [0, 0.1) is 5.92 Å². The van der Waals surface area contributed by atoms with Crippen LogP contribution in [0.25, 0.3) is 11.0 Å². The number of carbonyl (C=O) groups excluding carboxylic acids is 1. The van der Waals surface area contributed by atoms with Crippen LogP contribution in [0.15, 0.2) is 30.6 Å². The molecule has 0 aliphatic heterocycles. The van der Waals surface area contributed by atoms with E-state index < -0.39 is 12.0 Å². The van der Waals surface area contributed by atoms with Crippen molar-refractivity contribution in [1.29, 1.82) is 0 Å². The Labute approximate surface area is 115 Å². The molecule has 0 spiro atoms. The van der Waals surface area contributed by atoms with Crippen molar-refractivity contribution < 1.29 is 14.7 Å². The van der Waals surface area contributed by atoms with Crippen LogP contribution in [-0.4, -0.2) is 32.6 Å². The highest BCUT2D eigenvalue weighted by atomic mass is 16.4. The number of carboxylic acids is 1. The number of hydrogen-bond donors (Lipinski definition) is 2. The molecule has 2 N–H and O–H groups in total. The van der Waals surface area contributed by atoms with Crippen molar-refractivity contribution in [3.05, 3.63) is 30.6 Å². The van der Waals surface area contributed by atoms with Crippen LogP contribution in [0.5, 0.6) is 0 Å². The lowest BCUT2D eigenvalue weighted by molar-refractivity contribution is -0.142. The number of aliphatic carboxylic acids is 1. The number of carboxylic acid groups (broad SMARTS) is 1. The van der Waals surface area contributed by atoms with Crippen LogP contribution in [0.2, 0.25) is 0 Å². The lowest BCUT2D eigenvalue weighted by Gasteiger charge is -2.13. The molecular weight excluding hydrogens is 258 g/mol. The van der Waals surface area contributed by atoms with Gasteiger partial charge >= 0.3 is 5.97 Å². The molecule has 1 amide bonds. The lowest BCUT2D eigenvalue weighted by Crippen LogP contribution is -2.43. The van der Waals surface area contributed by atoms with Crippen molar-refractivity contribution in [2.24, 2.45) is 5.92 Å². The summed E-state index contributed by atoms with van der Waals surface area (Å²) >= 11 is 0. The summed E-state index contributed by atoms with van der Waals surface area (Å²) in [6.45, 7) is 0.0804. The van der Waals surface area contributed by atoms with E-state index in [1.54, 1.807) is 10.9 Å². The van der Waals surface area contributed by atoms with Crippen molar-refractivity contribution in [2.75, 3.05) is 0 Å². The first kappa shape index (κ1) is 12.7. The van der Waals surface area contributed by atoms with E-state index >= 15 is 0 Å². The smallest absolute Gasteiger partial charge is 0.326 e. The van der Waals surface area contributed by atoms with Crippen molar-refractivity contribution in [3.8, 4) is 0 Å². The van der Waals surface area contributed by atoms with Gasteiger partial charge in [-0.15, -0.1) is 0 Å². The lowest BCUT2D eigenvalue weighted by atomic mass is 10.2. The Balaban J connectivity index is 1.71. The van der Waals surface area contributed by atoms with Gasteiger partial charge in [0.05, 0.1) is 17.4 Å². The number of aromatic nitrogens is 2. The molecule has 1 unspecified atom stereocenters. The van der Waals surface area contributed by atoms with Crippen molar-refractivity contribution >= 4 is 22.9 Å². The van der Waals surface area contributed by atoms with Gasteiger partial charge in [0.1, 0.15) is 12.6 Å². The molecule has 1 aromatic carbocycles. The van der Waals surface area contributed by atoms with Crippen LogP contribution < -0.4 is 5.32 Å². The molecule has 1 aliphatic carbocycles. The van der Waals surface area contributed by atoms with Gasteiger partial charge in [0.25, 0.3) is 0 Å². The number of hydrogen-bond acceptors (Lipinski definition) is 3. The summed E-state index contributed by atoms with van der Waals surface area (Å²) < 4.78 is 1.72. The number of imidazole rings is 1. The summed E-state index contributed by atoms with van der Waals surface area (Å²) in [6, 6.07) is 6.74. The third kappa shape index (κ3) is 2.49. The van der Waals surface area contributed by atoms with E-state index in [4.69, 9.17) is 5.11 Å². The third-order valence-corrected chi connectivity index (χ3v) is 3.52. The monoisotopic (exact) mass is 273 g/mol. The Morgan fingerprint density at radius 3 is 2.85 bits per heavy atom. The van der Waals surface area contributed by atoms with Gasteiger partial charge in [-0.05, 0) is 30.9 Å². The summed E-state index contributed by atoms with van der Waals surface area (Å²) in [6.07, 6.45) is 3.33. The molecule has 1 saturated carbocycles. The summed E-state index contributed by atoms with van der Waals surface area (Å²) in [5.74, 6) is -1.18. The molecule has 1 atom stereocenters. The van der Waals surface area contributed by atoms with E-state index in [2.05, 4.69) is 10.3 Å². The van der Waals surface area contributed by atoms with Crippen LogP contribution in [0.1, 0.15) is 12.8 Å². The van der Waals surface area contributed by atoms with Gasteiger partial charge in [-0.25, -0.2) is 9.78 Å². The number of para-hydroxylation sites is 2. The van der Waals surface area contributed by atoms with E-state index in [1.807, 2.05) is 24.3 Å². The Bertz CT molecular complexity index is 660. The summed E-state index contributed by atoms with van der Waals surface area (Å²) in [5, 5.41) is 11.7. The molecule has 0 bridgehead atoms. The minimum Gasteiger partial charge on any atom is -0.480 e. The fraction of sp³-hybridized carbons (Fsp3) is 0.357. The molecule has 0 saturated heterocycles. The van der Waals surface area contributed by atoms with Crippen LogP contribution in [-0.2, 0) is 16.1 Å². The average molecular weight is 273 g/mol. The molecule has 104 valence electrons. The Kier molecular flexibility index (Phi) is 3.14. The largest absolute Gasteiger partial charge is 0.480 e. The highest BCUT2D eigenvalue weighted by Crippen LogP contribution is 2.32. The maximum absolute atomic E-state index is 12.0. The molecular formula is C14H15N3O3. The predicted molar refractivity (Wildman–Crippen MR) is 72.0 cm³/mol. The quantitative estimate of drug-likeness (QED) is 0.851. The Morgan fingerprint density at radius 2 is 2.15 bits per heavy atom. The van der Waals surface area contributed by atoms with E-state index in [0.29, 0.717) is 0 Å². The first-order valence-electron chi connectivity index (χ1n) is 6.57. The molecule has 6 nitrogen and oxygen atoms in total. The average Bonchev–Trinajstić information content (AvgIpc) is 3.19. The highest BCUT2D eigenvalue weighted by Gasteiger charge is 2.37. The van der Waals surface area contributed by atoms with E-state index in [-0.39, 0.29) is 18.4 Å². The number of nitrogens with zero attached hydrogens (tertiary/aromatic N) is 2. The number of benzene rings is 1. The zero-order chi connectivity index (χ0) is 14.1. The van der Waals surface area contributed by atoms with Crippen LogP contribution >= 0.6 is 0 Å². The van der Waals surface area contributed by atoms with E-state index in [0.717, 1.165) is 23.9 Å². The highest BCUT2D eigenvalue weighted by molar-refractivity contribution is 5.85. The molecule has 1 aromatic heterocycles. The standard InChI is InChI=1S/C14H15N3O3/c18-12(16-13(14(19)20)9-5-6-9)7-17-8-15-10-3-1-2-4-11(10)17/h1-4,8-9,13H,5-7H2,(H,16,18)(H,19,20). The van der Waals surface area contributed by atoms with Gasteiger partial charge in [0.15, 0.2) is 0 Å². The van der Waals surface area contributed by atoms with Gasteiger partial charge in [-0.3, -0.25) is 4.79 Å². The van der Waals surface area contributed by atoms with E-state index in [9.17, 15) is 9.59 Å². The molecule has 1 fully saturated rings. The number of rotatable bonds is 5. The van der Waals surface area contributed by atoms with Crippen molar-refractivity contribution in [3.63, 3.8) is 0 Å². The second kappa shape index (κ2) is 4.96. The number of amides is 1. The molecule has 1 aliphatic rings. The second-order valence-corrected chi connectivity index (χ2v) is 5.08. The maximum Gasteiger partial charge on any atom is 0.326 e. The first-order valence-corrected chi connectivity index (χ1v) is 6.57. The van der Waals surface area contributed by atoms with Gasteiger partial charge in [-0.1, -0.05) is 12.1 Å². The summed E-state index contributed by atoms with van der Waals surface area (Å²) in [7, 11) is 0. The summed E-state index contributed by atoms with van der Waals surface area (Å²) in [4.78, 5) is 27.3. The molecule has 2 aromatic rings. The van der Waals surface area contributed by atoms with Gasteiger partial charge < -0.3 is 15.0 Å². The van der Waals surface area contributed by atoms with Crippen molar-refractivity contribution in [1.82, 2.24) is 14.9 Å². The van der Waals surface area contributed by atoms with Crippen LogP contribution in [0.4, 0.5) is 0 Å². The van der Waals surface area contributed by atoms with Crippen molar-refractivity contribution in [2.45, 2.75) is 25.4 Å². The fourth-order valence-corrected chi connectivity index (χ4v) is 2.32. The number of carbonyl (C=O) groups is 2. The van der Waals surface area contributed by atoms with Gasteiger partial charge in [0.2, 0.25) is 5.91 Å². The zero-order valence-electron chi connectivity index (χ0n) is 10.8. The minimum absolute atomic E-state index is 0.0796. The normalized spacial score (nSPS) is 16.0. The SMILES string of the molecule is O=C(Cn1cnc2ccccc21)NC(C(=O)O)C1CC1. The minimum atomic E-state index is -0.962. The summed E-state index contributed by atoms with van der Waals surface area (Å²) in [5.41, 5.74) is 1.68. The fourth-order valence-electron chi connectivity index (χ4n) is 2.32. The molecule has 3 rings (SSSR count). The number of nitrogens with one attached hydrogen (secondary N) is 1.